The molecule has 4 bridgehead atoms. The molecule has 2 aliphatic heterocycles. The summed E-state index contributed by atoms with van der Waals surface area (Å²) in [5.41, 5.74) is 1.81. The predicted octanol–water partition coefficient (Wildman–Crippen LogP) is 5.15. The average Bonchev–Trinajstić information content (AvgIpc) is 2.92. The Morgan fingerprint density at radius 2 is 1.58 bits per heavy atom. The normalized spacial score (nSPS) is 31.1. The number of para-hydroxylation sites is 2. The summed E-state index contributed by atoms with van der Waals surface area (Å²) in [6, 6.07) is 13.2. The molecule has 4 aliphatic rings. The SMILES string of the molecule is N#Cc1cc(-c2nc3ccccc3n(C3C[C@H]4CCC[C@@H](C3)N4C3C[C@H]4CCC[C@@H](C3)C4)c2=O)c[nH]c1=O. The van der Waals surface area contributed by atoms with Gasteiger partial charge in [0.25, 0.3) is 11.1 Å². The van der Waals surface area contributed by atoms with Crippen molar-refractivity contribution in [3.05, 3.63) is 62.8 Å². The van der Waals surface area contributed by atoms with Gasteiger partial charge in [-0.25, -0.2) is 4.98 Å². The van der Waals surface area contributed by atoms with Crippen molar-refractivity contribution in [2.24, 2.45) is 11.8 Å². The third-order valence-electron chi connectivity index (χ3n) is 9.99. The van der Waals surface area contributed by atoms with E-state index in [4.69, 9.17) is 4.98 Å². The zero-order valence-corrected chi connectivity index (χ0v) is 21.8. The number of benzene rings is 1. The van der Waals surface area contributed by atoms with Gasteiger partial charge in [0.05, 0.1) is 11.0 Å². The van der Waals surface area contributed by atoms with Gasteiger partial charge in [0.1, 0.15) is 17.3 Å². The molecule has 2 saturated carbocycles. The molecule has 4 fully saturated rings. The lowest BCUT2D eigenvalue weighted by Crippen LogP contribution is -2.58. The number of nitrogens with one attached hydrogen (secondary N) is 1. The van der Waals surface area contributed by atoms with E-state index < -0.39 is 5.56 Å². The standard InChI is InChI=1S/C31H35N5O2/c32-17-21-14-22(18-33-30(21)37)29-31(38)36(28-10-2-1-9-27(28)34-29)26-15-23-7-4-8-24(16-26)35(23)25-12-19-5-3-6-20(11-19)13-25/h1-2,9-10,14,18-20,23-26H,3-8,11-13,15-16H2,(H,33,37)/t19-,20+,23-,24+,25?,26?. The molecule has 1 aromatic carbocycles. The van der Waals surface area contributed by atoms with E-state index in [1.54, 1.807) is 0 Å². The van der Waals surface area contributed by atoms with Crippen LogP contribution in [0, 0.1) is 23.2 Å². The Balaban J connectivity index is 1.27. The monoisotopic (exact) mass is 509 g/mol. The zero-order valence-electron chi connectivity index (χ0n) is 21.8. The van der Waals surface area contributed by atoms with Crippen molar-refractivity contribution in [1.29, 1.82) is 5.26 Å². The smallest absolute Gasteiger partial charge is 0.277 e. The largest absolute Gasteiger partial charge is 0.327 e. The molecule has 2 aromatic heterocycles. The van der Waals surface area contributed by atoms with Crippen LogP contribution < -0.4 is 11.1 Å². The summed E-state index contributed by atoms with van der Waals surface area (Å²) in [4.78, 5) is 36.4. The van der Waals surface area contributed by atoms with E-state index in [2.05, 4.69) is 9.88 Å². The van der Waals surface area contributed by atoms with Crippen LogP contribution in [0.1, 0.15) is 82.2 Å². The molecule has 2 aliphatic carbocycles. The lowest BCUT2D eigenvalue weighted by Gasteiger charge is -2.55. The highest BCUT2D eigenvalue weighted by Crippen LogP contribution is 2.47. The Hall–Kier alpha value is -3.24. The number of piperidine rings is 2. The number of H-pyrrole nitrogens is 1. The van der Waals surface area contributed by atoms with E-state index in [0.717, 1.165) is 35.7 Å². The van der Waals surface area contributed by atoms with Gasteiger partial charge in [-0.1, -0.05) is 37.8 Å². The number of nitrogens with zero attached hydrogens (tertiary/aromatic N) is 4. The number of pyridine rings is 1. The summed E-state index contributed by atoms with van der Waals surface area (Å²) in [5, 5.41) is 9.39. The van der Waals surface area contributed by atoms with Crippen molar-refractivity contribution in [3.63, 3.8) is 0 Å². The number of hydrogen-bond donors (Lipinski definition) is 1. The highest BCUT2D eigenvalue weighted by molar-refractivity contribution is 5.78. The van der Waals surface area contributed by atoms with Gasteiger partial charge in [-0.2, -0.15) is 5.26 Å². The van der Waals surface area contributed by atoms with Crippen molar-refractivity contribution in [2.45, 2.75) is 94.8 Å². The average molecular weight is 510 g/mol. The molecule has 4 heterocycles. The highest BCUT2D eigenvalue weighted by atomic mass is 16.1. The Morgan fingerprint density at radius 1 is 0.868 bits per heavy atom. The third-order valence-corrected chi connectivity index (χ3v) is 9.99. The van der Waals surface area contributed by atoms with Crippen LogP contribution in [-0.4, -0.2) is 37.6 Å². The molecule has 0 amide bonds. The van der Waals surface area contributed by atoms with Crippen LogP contribution in [0.3, 0.4) is 0 Å². The summed E-state index contributed by atoms with van der Waals surface area (Å²) in [6.07, 6.45) is 15.6. The van der Waals surface area contributed by atoms with Crippen LogP contribution in [-0.2, 0) is 0 Å². The number of hydrogen-bond acceptors (Lipinski definition) is 5. The summed E-state index contributed by atoms with van der Waals surface area (Å²) < 4.78 is 1.99. The van der Waals surface area contributed by atoms with Gasteiger partial charge in [0, 0.05) is 35.9 Å². The molecule has 38 heavy (non-hydrogen) atoms. The topological polar surface area (TPSA) is 94.8 Å². The minimum absolute atomic E-state index is 0.0107. The van der Waals surface area contributed by atoms with E-state index in [9.17, 15) is 14.9 Å². The minimum Gasteiger partial charge on any atom is -0.327 e. The number of aromatic nitrogens is 3. The van der Waals surface area contributed by atoms with Crippen molar-refractivity contribution in [3.8, 4) is 17.3 Å². The van der Waals surface area contributed by atoms with E-state index in [1.807, 2.05) is 34.9 Å². The van der Waals surface area contributed by atoms with Gasteiger partial charge in [-0.3, -0.25) is 14.5 Å². The Labute approximate surface area is 222 Å². The van der Waals surface area contributed by atoms with Crippen molar-refractivity contribution in [1.82, 2.24) is 19.4 Å². The molecule has 2 saturated heterocycles. The van der Waals surface area contributed by atoms with Crippen LogP contribution in [0.25, 0.3) is 22.3 Å². The lowest BCUT2D eigenvalue weighted by atomic mass is 9.68. The Kier molecular flexibility index (Phi) is 5.96. The Morgan fingerprint density at radius 3 is 2.32 bits per heavy atom. The molecule has 7 nitrogen and oxygen atoms in total. The van der Waals surface area contributed by atoms with Gasteiger partial charge in [0.2, 0.25) is 0 Å². The predicted molar refractivity (Wildman–Crippen MR) is 147 cm³/mol. The van der Waals surface area contributed by atoms with Crippen molar-refractivity contribution >= 4 is 11.0 Å². The lowest BCUT2D eigenvalue weighted by molar-refractivity contribution is -0.0485. The van der Waals surface area contributed by atoms with Crippen molar-refractivity contribution < 1.29 is 0 Å². The number of rotatable bonds is 3. The van der Waals surface area contributed by atoms with Gasteiger partial charge < -0.3 is 9.55 Å². The van der Waals surface area contributed by atoms with E-state index in [0.29, 0.717) is 29.4 Å². The van der Waals surface area contributed by atoms with Crippen LogP contribution in [0.15, 0.2) is 46.1 Å². The maximum absolute atomic E-state index is 14.1. The quantitative estimate of drug-likeness (QED) is 0.527. The molecule has 3 aromatic rings. The fourth-order valence-corrected chi connectivity index (χ4v) is 8.54. The van der Waals surface area contributed by atoms with E-state index in [-0.39, 0.29) is 17.2 Å². The third kappa shape index (κ3) is 4.01. The molecule has 6 atom stereocenters. The van der Waals surface area contributed by atoms with Crippen LogP contribution >= 0.6 is 0 Å². The molecular formula is C31H35N5O2. The molecule has 7 rings (SSSR count). The van der Waals surface area contributed by atoms with Crippen LogP contribution in [0.2, 0.25) is 0 Å². The first kappa shape index (κ1) is 23.8. The molecule has 7 heteroatoms. The molecule has 0 radical (unpaired) electrons. The van der Waals surface area contributed by atoms with Gasteiger partial charge in [-0.15, -0.1) is 0 Å². The maximum atomic E-state index is 14.1. The summed E-state index contributed by atoms with van der Waals surface area (Å²) in [7, 11) is 0. The van der Waals surface area contributed by atoms with Crippen LogP contribution in [0.5, 0.6) is 0 Å². The van der Waals surface area contributed by atoms with Gasteiger partial charge >= 0.3 is 0 Å². The summed E-state index contributed by atoms with van der Waals surface area (Å²) >= 11 is 0. The molecule has 2 unspecified atom stereocenters. The molecule has 0 spiro atoms. The first-order chi connectivity index (χ1) is 18.6. The second-order valence-electron chi connectivity index (χ2n) is 12.2. The second-order valence-corrected chi connectivity index (χ2v) is 12.2. The number of fused-ring (bicyclic) bond motifs is 5. The number of aromatic amines is 1. The molecular weight excluding hydrogens is 474 g/mol. The maximum Gasteiger partial charge on any atom is 0.277 e. The van der Waals surface area contributed by atoms with E-state index in [1.165, 1.54) is 70.1 Å². The van der Waals surface area contributed by atoms with Gasteiger partial charge in [0.15, 0.2) is 0 Å². The Bertz CT molecular complexity index is 1510. The molecule has 196 valence electrons. The summed E-state index contributed by atoms with van der Waals surface area (Å²) in [5.74, 6) is 1.83. The number of nitriles is 1. The fourth-order valence-electron chi connectivity index (χ4n) is 8.54. The highest BCUT2D eigenvalue weighted by Gasteiger charge is 2.45. The molecule has 1 N–H and O–H groups in total. The first-order valence-electron chi connectivity index (χ1n) is 14.5. The van der Waals surface area contributed by atoms with E-state index >= 15 is 0 Å². The fraction of sp³-hybridized carbons (Fsp3) is 0.548. The minimum atomic E-state index is -0.454. The second kappa shape index (κ2) is 9.50. The van der Waals surface area contributed by atoms with Crippen LogP contribution in [0.4, 0.5) is 0 Å². The van der Waals surface area contributed by atoms with Crippen molar-refractivity contribution in [2.75, 3.05) is 0 Å². The summed E-state index contributed by atoms with van der Waals surface area (Å²) in [6.45, 7) is 0. The first-order valence-corrected chi connectivity index (χ1v) is 14.5. The zero-order chi connectivity index (χ0) is 25.8. The van der Waals surface area contributed by atoms with Gasteiger partial charge in [-0.05, 0) is 75.0 Å².